The molecule has 1 amide bonds. The Labute approximate surface area is 178 Å². The standard InChI is InChI=1S/C20H31N5O4S/c1-23-9-11-25(12-10-23)20-21-14-17(30(2,27)28)18(22-20)15-5-7-24(8-6-15)19(26)16-4-3-13-29-16/h14-16H,3-13H2,1-2H3/t16-/m1/s1. The third-order valence-electron chi connectivity index (χ3n) is 6.35. The zero-order valence-corrected chi connectivity index (χ0v) is 18.6. The van der Waals surface area contributed by atoms with Crippen LogP contribution in [0.1, 0.15) is 37.3 Å². The van der Waals surface area contributed by atoms with Crippen molar-refractivity contribution in [1.29, 1.82) is 0 Å². The van der Waals surface area contributed by atoms with Crippen molar-refractivity contribution in [2.24, 2.45) is 0 Å². The van der Waals surface area contributed by atoms with Gasteiger partial charge in [-0.15, -0.1) is 0 Å². The van der Waals surface area contributed by atoms with Gasteiger partial charge in [0.1, 0.15) is 11.0 Å². The molecule has 0 unspecified atom stereocenters. The summed E-state index contributed by atoms with van der Waals surface area (Å²) in [5, 5.41) is 0. The number of likely N-dealkylation sites (N-methyl/N-ethyl adjacent to an activating group) is 1. The third-order valence-corrected chi connectivity index (χ3v) is 7.47. The number of carbonyl (C=O) groups is 1. The Kier molecular flexibility index (Phi) is 6.26. The summed E-state index contributed by atoms with van der Waals surface area (Å²) >= 11 is 0. The number of carbonyl (C=O) groups excluding carboxylic acids is 1. The Morgan fingerprint density at radius 3 is 2.40 bits per heavy atom. The van der Waals surface area contributed by atoms with Crippen LogP contribution in [0.4, 0.5) is 5.95 Å². The number of likely N-dealkylation sites (tertiary alicyclic amines) is 1. The van der Waals surface area contributed by atoms with E-state index in [0.717, 1.165) is 39.0 Å². The first-order valence-electron chi connectivity index (χ1n) is 10.7. The Morgan fingerprint density at radius 2 is 1.80 bits per heavy atom. The number of nitrogens with zero attached hydrogens (tertiary/aromatic N) is 5. The summed E-state index contributed by atoms with van der Waals surface area (Å²) < 4.78 is 30.3. The fourth-order valence-corrected chi connectivity index (χ4v) is 5.30. The van der Waals surface area contributed by atoms with E-state index in [2.05, 4.69) is 21.8 Å². The molecule has 1 aromatic rings. The molecule has 1 atom stereocenters. The number of amides is 1. The van der Waals surface area contributed by atoms with Crippen molar-refractivity contribution in [1.82, 2.24) is 19.8 Å². The van der Waals surface area contributed by atoms with Crippen LogP contribution in [0.3, 0.4) is 0 Å². The molecule has 0 aliphatic carbocycles. The molecule has 4 rings (SSSR count). The number of rotatable bonds is 4. The van der Waals surface area contributed by atoms with Gasteiger partial charge in [-0.2, -0.15) is 0 Å². The van der Waals surface area contributed by atoms with E-state index in [4.69, 9.17) is 9.72 Å². The van der Waals surface area contributed by atoms with Crippen molar-refractivity contribution in [3.63, 3.8) is 0 Å². The molecule has 10 heteroatoms. The second-order valence-corrected chi connectivity index (χ2v) is 10.6. The first-order valence-corrected chi connectivity index (χ1v) is 12.6. The van der Waals surface area contributed by atoms with Crippen LogP contribution in [0.15, 0.2) is 11.1 Å². The van der Waals surface area contributed by atoms with E-state index in [9.17, 15) is 13.2 Å². The van der Waals surface area contributed by atoms with Crippen molar-refractivity contribution in [3.05, 3.63) is 11.9 Å². The van der Waals surface area contributed by atoms with E-state index in [0.29, 0.717) is 44.2 Å². The Bertz CT molecular complexity index is 871. The topological polar surface area (TPSA) is 95.9 Å². The molecule has 166 valence electrons. The Balaban J connectivity index is 1.52. The van der Waals surface area contributed by atoms with Crippen LogP contribution in [0.5, 0.6) is 0 Å². The first-order chi connectivity index (χ1) is 14.3. The number of piperidine rings is 1. The smallest absolute Gasteiger partial charge is 0.251 e. The van der Waals surface area contributed by atoms with Crippen LogP contribution in [0, 0.1) is 0 Å². The summed E-state index contributed by atoms with van der Waals surface area (Å²) in [6, 6.07) is 0. The van der Waals surface area contributed by atoms with Crippen molar-refractivity contribution >= 4 is 21.7 Å². The van der Waals surface area contributed by atoms with Gasteiger partial charge in [-0.3, -0.25) is 4.79 Å². The van der Waals surface area contributed by atoms with Crippen LogP contribution >= 0.6 is 0 Å². The number of hydrogen-bond donors (Lipinski definition) is 0. The lowest BCUT2D eigenvalue weighted by Gasteiger charge is -2.35. The van der Waals surface area contributed by atoms with Gasteiger partial charge in [0.2, 0.25) is 5.95 Å². The van der Waals surface area contributed by atoms with Crippen LogP contribution in [0.25, 0.3) is 0 Å². The van der Waals surface area contributed by atoms with Crippen LogP contribution < -0.4 is 4.90 Å². The molecule has 0 N–H and O–H groups in total. The van der Waals surface area contributed by atoms with Gasteiger partial charge in [-0.25, -0.2) is 18.4 Å². The van der Waals surface area contributed by atoms with E-state index >= 15 is 0 Å². The van der Waals surface area contributed by atoms with Gasteiger partial charge < -0.3 is 19.4 Å². The fraction of sp³-hybridized carbons (Fsp3) is 0.750. The quantitative estimate of drug-likeness (QED) is 0.673. The summed E-state index contributed by atoms with van der Waals surface area (Å²) in [5.74, 6) is 0.663. The number of aromatic nitrogens is 2. The molecule has 0 saturated carbocycles. The zero-order chi connectivity index (χ0) is 21.3. The number of hydrogen-bond acceptors (Lipinski definition) is 8. The van der Waals surface area contributed by atoms with Crippen molar-refractivity contribution in [2.75, 3.05) is 64.1 Å². The second-order valence-electron chi connectivity index (χ2n) is 8.58. The zero-order valence-electron chi connectivity index (χ0n) is 17.8. The van der Waals surface area contributed by atoms with Crippen LogP contribution in [-0.4, -0.2) is 99.4 Å². The minimum absolute atomic E-state index is 0.00233. The predicted molar refractivity (Wildman–Crippen MR) is 112 cm³/mol. The Hall–Kier alpha value is -1.78. The highest BCUT2D eigenvalue weighted by molar-refractivity contribution is 7.90. The van der Waals surface area contributed by atoms with Gasteiger partial charge in [0.05, 0.1) is 11.9 Å². The van der Waals surface area contributed by atoms with Crippen LogP contribution in [-0.2, 0) is 19.4 Å². The summed E-state index contributed by atoms with van der Waals surface area (Å²) in [6.07, 6.45) is 5.48. The lowest BCUT2D eigenvalue weighted by Crippen LogP contribution is -2.45. The minimum atomic E-state index is -3.43. The van der Waals surface area contributed by atoms with E-state index in [1.54, 1.807) is 0 Å². The largest absolute Gasteiger partial charge is 0.368 e. The van der Waals surface area contributed by atoms with Gasteiger partial charge in [-0.1, -0.05) is 0 Å². The highest BCUT2D eigenvalue weighted by Gasteiger charge is 2.33. The summed E-state index contributed by atoms with van der Waals surface area (Å²) in [4.78, 5) is 28.2. The lowest BCUT2D eigenvalue weighted by molar-refractivity contribution is -0.142. The normalized spacial score (nSPS) is 24.4. The number of piperazine rings is 1. The lowest BCUT2D eigenvalue weighted by atomic mass is 9.93. The summed E-state index contributed by atoms with van der Waals surface area (Å²) in [6.45, 7) is 5.35. The van der Waals surface area contributed by atoms with Crippen molar-refractivity contribution in [3.8, 4) is 0 Å². The molecule has 0 aromatic carbocycles. The molecule has 0 bridgehead atoms. The number of anilines is 1. The molecule has 3 fully saturated rings. The summed E-state index contributed by atoms with van der Waals surface area (Å²) in [7, 11) is -1.35. The molecule has 0 spiro atoms. The average molecular weight is 438 g/mol. The van der Waals surface area contributed by atoms with E-state index in [-0.39, 0.29) is 22.8 Å². The van der Waals surface area contributed by atoms with Crippen molar-refractivity contribution < 1.29 is 17.9 Å². The molecule has 4 heterocycles. The SMILES string of the molecule is CN1CCN(c2ncc(S(C)(=O)=O)c(C3CCN(C(=O)[C@H]4CCCO4)CC3)n2)CC1. The monoisotopic (exact) mass is 437 g/mol. The molecule has 0 radical (unpaired) electrons. The molecule has 9 nitrogen and oxygen atoms in total. The van der Waals surface area contributed by atoms with Gasteiger partial charge >= 0.3 is 0 Å². The third kappa shape index (κ3) is 4.60. The predicted octanol–water partition coefficient (Wildman–Crippen LogP) is 0.517. The maximum atomic E-state index is 12.6. The highest BCUT2D eigenvalue weighted by atomic mass is 32.2. The molecule has 30 heavy (non-hydrogen) atoms. The van der Waals surface area contributed by atoms with Crippen LogP contribution in [0.2, 0.25) is 0 Å². The highest BCUT2D eigenvalue weighted by Crippen LogP contribution is 2.32. The average Bonchev–Trinajstić information content (AvgIpc) is 3.28. The number of sulfone groups is 1. The van der Waals surface area contributed by atoms with Gasteiger partial charge in [0.25, 0.3) is 5.91 Å². The molecule has 3 aliphatic rings. The molecule has 3 saturated heterocycles. The van der Waals surface area contributed by atoms with Crippen molar-refractivity contribution in [2.45, 2.75) is 42.6 Å². The fourth-order valence-electron chi connectivity index (χ4n) is 4.46. The minimum Gasteiger partial charge on any atom is -0.368 e. The second kappa shape index (κ2) is 8.76. The molecule has 1 aromatic heterocycles. The Morgan fingerprint density at radius 1 is 1.10 bits per heavy atom. The van der Waals surface area contributed by atoms with Gasteiger partial charge in [0.15, 0.2) is 9.84 Å². The van der Waals surface area contributed by atoms with E-state index in [1.807, 2.05) is 4.90 Å². The van der Waals surface area contributed by atoms with Gasteiger partial charge in [-0.05, 0) is 32.7 Å². The number of ether oxygens (including phenoxy) is 1. The van der Waals surface area contributed by atoms with E-state index < -0.39 is 9.84 Å². The van der Waals surface area contributed by atoms with Gasteiger partial charge in [0, 0.05) is 58.0 Å². The van der Waals surface area contributed by atoms with E-state index in [1.165, 1.54) is 12.5 Å². The summed E-state index contributed by atoms with van der Waals surface area (Å²) in [5.41, 5.74) is 0.602. The first kappa shape index (κ1) is 21.5. The molecular weight excluding hydrogens is 406 g/mol. The molecular formula is C20H31N5O4S. The maximum Gasteiger partial charge on any atom is 0.251 e. The maximum absolute atomic E-state index is 12.6. The molecule has 3 aliphatic heterocycles.